The number of aryl methyl sites for hydroxylation is 1. The smallest absolute Gasteiger partial charge is 0.0825 e. The fourth-order valence-corrected chi connectivity index (χ4v) is 4.77. The zero-order valence-electron chi connectivity index (χ0n) is 14.0. The maximum atomic E-state index is 6.05. The maximum Gasteiger partial charge on any atom is 0.0825 e. The summed E-state index contributed by atoms with van der Waals surface area (Å²) in [7, 11) is 3.64. The van der Waals surface area contributed by atoms with Crippen molar-refractivity contribution in [1.29, 1.82) is 0 Å². The summed E-state index contributed by atoms with van der Waals surface area (Å²) in [6.07, 6.45) is 7.49. The summed E-state index contributed by atoms with van der Waals surface area (Å²) in [4.78, 5) is 1.33. The van der Waals surface area contributed by atoms with E-state index in [1.165, 1.54) is 23.3 Å². The summed E-state index contributed by atoms with van der Waals surface area (Å²) in [5.41, 5.74) is 1.22. The minimum Gasteiger partial charge on any atom is -0.381 e. The summed E-state index contributed by atoms with van der Waals surface area (Å²) in [5.74, 6) is 0. The molecular weight excluding hydrogens is 292 g/mol. The summed E-state index contributed by atoms with van der Waals surface area (Å²) >= 11 is 1.96. The van der Waals surface area contributed by atoms with Crippen LogP contribution >= 0.6 is 11.8 Å². The molecule has 1 aromatic rings. The van der Waals surface area contributed by atoms with Gasteiger partial charge >= 0.3 is 0 Å². The lowest BCUT2D eigenvalue weighted by molar-refractivity contribution is -0.0469. The van der Waals surface area contributed by atoms with Gasteiger partial charge in [0.2, 0.25) is 0 Å². The van der Waals surface area contributed by atoms with E-state index in [4.69, 9.17) is 9.47 Å². The topological polar surface area (TPSA) is 18.5 Å². The third-order valence-electron chi connectivity index (χ3n) is 4.69. The van der Waals surface area contributed by atoms with E-state index in [0.29, 0.717) is 5.25 Å². The van der Waals surface area contributed by atoms with Gasteiger partial charge in [-0.25, -0.2) is 0 Å². The number of ether oxygens (including phenoxy) is 2. The number of rotatable bonds is 8. The minimum absolute atomic E-state index is 0.0841. The Morgan fingerprint density at radius 3 is 2.68 bits per heavy atom. The molecule has 0 aromatic heterocycles. The quantitative estimate of drug-likeness (QED) is 0.628. The zero-order valence-corrected chi connectivity index (χ0v) is 14.8. The second-order valence-electron chi connectivity index (χ2n) is 6.17. The first kappa shape index (κ1) is 17.6. The predicted octanol–water partition coefficient (Wildman–Crippen LogP) is 5.01. The number of benzene rings is 1. The van der Waals surface area contributed by atoms with Crippen LogP contribution in [0.15, 0.2) is 41.8 Å². The van der Waals surface area contributed by atoms with Crippen molar-refractivity contribution in [3.05, 3.63) is 42.5 Å². The molecule has 122 valence electrons. The highest BCUT2D eigenvalue weighted by atomic mass is 32.2. The minimum atomic E-state index is -0.0841. The van der Waals surface area contributed by atoms with E-state index < -0.39 is 0 Å². The molecule has 0 radical (unpaired) electrons. The lowest BCUT2D eigenvalue weighted by atomic mass is 9.92. The number of hydrogen-bond donors (Lipinski definition) is 0. The predicted molar refractivity (Wildman–Crippen MR) is 94.6 cm³/mol. The first-order valence-electron chi connectivity index (χ1n) is 8.05. The van der Waals surface area contributed by atoms with Gasteiger partial charge in [0.05, 0.1) is 11.7 Å². The summed E-state index contributed by atoms with van der Waals surface area (Å²) in [6.45, 7) is 5.97. The summed E-state index contributed by atoms with van der Waals surface area (Å²) in [5, 5.41) is 0.489. The van der Waals surface area contributed by atoms with Crippen molar-refractivity contribution in [2.75, 3.05) is 14.2 Å². The largest absolute Gasteiger partial charge is 0.381 e. The normalized spacial score (nSPS) is 26.0. The summed E-state index contributed by atoms with van der Waals surface area (Å²) in [6, 6.07) is 8.80. The molecule has 1 saturated carbocycles. The van der Waals surface area contributed by atoms with Crippen LogP contribution < -0.4 is 0 Å². The van der Waals surface area contributed by atoms with Crippen LogP contribution in [0.5, 0.6) is 0 Å². The molecule has 3 atom stereocenters. The Bertz CT molecular complexity index is 471. The van der Waals surface area contributed by atoms with E-state index in [1.54, 1.807) is 7.11 Å². The van der Waals surface area contributed by atoms with Crippen LogP contribution in [0.1, 0.15) is 37.7 Å². The fraction of sp³-hybridized carbons (Fsp3) is 0.579. The first-order chi connectivity index (χ1) is 10.6. The van der Waals surface area contributed by atoms with Crippen molar-refractivity contribution in [3.63, 3.8) is 0 Å². The summed E-state index contributed by atoms with van der Waals surface area (Å²) < 4.78 is 11.7. The monoisotopic (exact) mass is 320 g/mol. The van der Waals surface area contributed by atoms with Crippen LogP contribution in [-0.4, -0.2) is 31.2 Å². The van der Waals surface area contributed by atoms with Gasteiger partial charge in [-0.1, -0.05) is 23.8 Å². The molecule has 0 bridgehead atoms. The van der Waals surface area contributed by atoms with Crippen molar-refractivity contribution in [2.24, 2.45) is 0 Å². The molecular formula is C19H28O2S. The van der Waals surface area contributed by atoms with Gasteiger partial charge in [-0.05, 0) is 44.7 Å². The molecule has 0 amide bonds. The Labute approximate surface area is 139 Å². The third-order valence-corrected chi connectivity index (χ3v) is 6.19. The van der Waals surface area contributed by atoms with Gasteiger partial charge in [0.1, 0.15) is 0 Å². The van der Waals surface area contributed by atoms with Crippen molar-refractivity contribution in [2.45, 2.75) is 60.9 Å². The maximum absolute atomic E-state index is 6.05. The average Bonchev–Trinajstić information content (AvgIpc) is 2.92. The first-order valence-corrected chi connectivity index (χ1v) is 8.93. The fourth-order valence-electron chi connectivity index (χ4n) is 3.34. The van der Waals surface area contributed by atoms with Crippen molar-refractivity contribution in [3.8, 4) is 0 Å². The molecule has 0 N–H and O–H groups in total. The van der Waals surface area contributed by atoms with E-state index in [0.717, 1.165) is 19.3 Å². The van der Waals surface area contributed by atoms with Gasteiger partial charge in [0, 0.05) is 30.8 Å². The van der Waals surface area contributed by atoms with Gasteiger partial charge < -0.3 is 9.47 Å². The molecule has 1 fully saturated rings. The second-order valence-corrected chi connectivity index (χ2v) is 7.44. The highest BCUT2D eigenvalue weighted by Gasteiger charge is 2.45. The molecule has 22 heavy (non-hydrogen) atoms. The van der Waals surface area contributed by atoms with Crippen LogP contribution in [0.3, 0.4) is 0 Å². The molecule has 2 nitrogen and oxygen atoms in total. The van der Waals surface area contributed by atoms with Gasteiger partial charge in [-0.3, -0.25) is 0 Å². The van der Waals surface area contributed by atoms with E-state index in [-0.39, 0.29) is 11.7 Å². The Hall–Kier alpha value is -0.770. The van der Waals surface area contributed by atoms with E-state index in [2.05, 4.69) is 37.8 Å². The van der Waals surface area contributed by atoms with Crippen molar-refractivity contribution >= 4 is 11.8 Å². The Morgan fingerprint density at radius 1 is 1.36 bits per heavy atom. The van der Waals surface area contributed by atoms with Crippen LogP contribution in [0.2, 0.25) is 0 Å². The van der Waals surface area contributed by atoms with Crippen LogP contribution in [0.25, 0.3) is 0 Å². The Kier molecular flexibility index (Phi) is 6.54. The molecule has 0 aliphatic heterocycles. The van der Waals surface area contributed by atoms with E-state index in [9.17, 15) is 0 Å². The lowest BCUT2D eigenvalue weighted by Crippen LogP contribution is -2.41. The molecule has 0 unspecified atom stereocenters. The second kappa shape index (κ2) is 8.19. The molecule has 1 aliphatic rings. The standard InChI is InChI=1S/C19H28O2S/c1-5-7-16(20-3)14-19(21-4)13-6-8-18(19)22-17-11-9-15(2)10-12-17/h5,9-12,16,18H,1,6-8,13-14H2,2-4H3/t16-,18+,19+/m0/s1. The molecule has 0 saturated heterocycles. The van der Waals surface area contributed by atoms with E-state index >= 15 is 0 Å². The highest BCUT2D eigenvalue weighted by molar-refractivity contribution is 8.00. The average molecular weight is 320 g/mol. The van der Waals surface area contributed by atoms with Gasteiger partial charge in [-0.2, -0.15) is 0 Å². The molecule has 0 spiro atoms. The molecule has 3 heteroatoms. The van der Waals surface area contributed by atoms with Crippen molar-refractivity contribution < 1.29 is 9.47 Å². The SMILES string of the molecule is C=CC[C@@H](C[C@]1(OC)CCC[C@H]1Sc1ccc(C)cc1)OC. The molecule has 2 rings (SSSR count). The van der Waals surface area contributed by atoms with Crippen molar-refractivity contribution in [1.82, 2.24) is 0 Å². The van der Waals surface area contributed by atoms with Gasteiger partial charge in [0.15, 0.2) is 0 Å². The van der Waals surface area contributed by atoms with Crippen LogP contribution in [-0.2, 0) is 9.47 Å². The Balaban J connectivity index is 2.11. The Morgan fingerprint density at radius 2 is 2.09 bits per heavy atom. The molecule has 1 aromatic carbocycles. The number of hydrogen-bond acceptors (Lipinski definition) is 3. The zero-order chi connectivity index (χ0) is 16.0. The lowest BCUT2D eigenvalue weighted by Gasteiger charge is -2.36. The number of thioether (sulfide) groups is 1. The van der Waals surface area contributed by atoms with Crippen LogP contribution in [0.4, 0.5) is 0 Å². The molecule has 0 heterocycles. The highest BCUT2D eigenvalue weighted by Crippen LogP contribution is 2.46. The van der Waals surface area contributed by atoms with E-state index in [1.807, 2.05) is 24.9 Å². The van der Waals surface area contributed by atoms with Crippen LogP contribution in [0, 0.1) is 6.92 Å². The van der Waals surface area contributed by atoms with Gasteiger partial charge in [0.25, 0.3) is 0 Å². The number of methoxy groups -OCH3 is 2. The molecule has 1 aliphatic carbocycles. The van der Waals surface area contributed by atoms with Gasteiger partial charge in [-0.15, -0.1) is 18.3 Å². The third kappa shape index (κ3) is 4.15.